The smallest absolute Gasteiger partial charge is 0.252 e. The summed E-state index contributed by atoms with van der Waals surface area (Å²) < 4.78 is 0. The van der Waals surface area contributed by atoms with Crippen molar-refractivity contribution in [2.75, 3.05) is 23.9 Å². The van der Waals surface area contributed by atoms with Crippen molar-refractivity contribution in [1.82, 2.24) is 0 Å². The number of aryl methyl sites for hydroxylation is 2. The monoisotopic (exact) mass is 336 g/mol. The molecule has 26 heavy (non-hydrogen) atoms. The molecule has 0 radical (unpaired) electrons. The molecule has 0 unspecified atom stereocenters. The Bertz CT molecular complexity index is 1070. The number of fused-ring (bicyclic) bond motifs is 5. The Hall–Kier alpha value is -2.68. The lowest BCUT2D eigenvalue weighted by Crippen LogP contribution is -2.61. The van der Waals surface area contributed by atoms with Crippen LogP contribution in [0.4, 0.5) is 22.7 Å². The summed E-state index contributed by atoms with van der Waals surface area (Å²) >= 11 is 0. The molecule has 6 rings (SSSR count). The van der Waals surface area contributed by atoms with Gasteiger partial charge in [-0.05, 0) is 71.0 Å². The summed E-state index contributed by atoms with van der Waals surface area (Å²) in [4.78, 5) is 4.77. The van der Waals surface area contributed by atoms with Crippen LogP contribution in [0.2, 0.25) is 0 Å². The molecule has 0 saturated heterocycles. The second-order valence-electron chi connectivity index (χ2n) is 7.85. The quantitative estimate of drug-likeness (QED) is 0.583. The van der Waals surface area contributed by atoms with Crippen molar-refractivity contribution in [3.05, 3.63) is 65.7 Å². The van der Waals surface area contributed by atoms with Crippen LogP contribution in [0.1, 0.15) is 17.5 Å². The third-order valence-electron chi connectivity index (χ3n) is 6.59. The van der Waals surface area contributed by atoms with Gasteiger partial charge in [0.25, 0.3) is 6.71 Å². The zero-order valence-corrected chi connectivity index (χ0v) is 15.3. The lowest BCUT2D eigenvalue weighted by molar-refractivity contribution is 0.912. The average Bonchev–Trinajstić information content (AvgIpc) is 3.14. The van der Waals surface area contributed by atoms with Crippen molar-refractivity contribution in [1.29, 1.82) is 0 Å². The fraction of sp³-hybridized carbons (Fsp3) is 0.217. The first kappa shape index (κ1) is 14.5. The van der Waals surface area contributed by atoms with Crippen LogP contribution < -0.4 is 26.2 Å². The molecule has 0 fully saturated rings. The van der Waals surface area contributed by atoms with E-state index in [-0.39, 0.29) is 0 Å². The van der Waals surface area contributed by atoms with Crippen LogP contribution >= 0.6 is 0 Å². The van der Waals surface area contributed by atoms with Gasteiger partial charge in [-0.25, -0.2) is 0 Å². The third kappa shape index (κ3) is 1.68. The Balaban J connectivity index is 1.72. The minimum absolute atomic E-state index is 0.339. The lowest BCUT2D eigenvalue weighted by atomic mass is 9.33. The predicted molar refractivity (Wildman–Crippen MR) is 112 cm³/mol. The zero-order chi connectivity index (χ0) is 17.4. The predicted octanol–water partition coefficient (Wildman–Crippen LogP) is 2.85. The highest BCUT2D eigenvalue weighted by atomic mass is 15.1. The number of nitrogens with zero attached hydrogens (tertiary/aromatic N) is 2. The number of anilines is 4. The molecule has 3 aromatic rings. The molecule has 3 aliphatic rings. The first-order valence-corrected chi connectivity index (χ1v) is 9.59. The van der Waals surface area contributed by atoms with Gasteiger partial charge in [-0.1, -0.05) is 30.3 Å². The van der Waals surface area contributed by atoms with Crippen LogP contribution in [-0.4, -0.2) is 20.8 Å². The summed E-state index contributed by atoms with van der Waals surface area (Å²) in [5, 5.41) is 0. The van der Waals surface area contributed by atoms with E-state index in [1.165, 1.54) is 58.4 Å². The van der Waals surface area contributed by atoms with E-state index in [1.807, 2.05) is 0 Å². The van der Waals surface area contributed by atoms with Crippen molar-refractivity contribution in [3.8, 4) is 0 Å². The summed E-state index contributed by atoms with van der Waals surface area (Å²) in [5.41, 5.74) is 12.9. The van der Waals surface area contributed by atoms with Gasteiger partial charge in [-0.3, -0.25) is 0 Å². The maximum absolute atomic E-state index is 2.51. The normalized spacial score (nSPS) is 16.2. The number of hydrogen-bond acceptors (Lipinski definition) is 2. The van der Waals surface area contributed by atoms with E-state index in [0.29, 0.717) is 6.71 Å². The van der Waals surface area contributed by atoms with Crippen LogP contribution in [-0.2, 0) is 12.8 Å². The van der Waals surface area contributed by atoms with Gasteiger partial charge in [0.2, 0.25) is 0 Å². The molecule has 2 aliphatic heterocycles. The van der Waals surface area contributed by atoms with E-state index in [1.54, 1.807) is 11.1 Å². The molecule has 0 N–H and O–H groups in total. The van der Waals surface area contributed by atoms with Crippen molar-refractivity contribution in [2.24, 2.45) is 0 Å². The van der Waals surface area contributed by atoms with Gasteiger partial charge in [0.15, 0.2) is 0 Å². The number of hydrogen-bond donors (Lipinski definition) is 0. The Morgan fingerprint density at radius 1 is 0.692 bits per heavy atom. The Morgan fingerprint density at radius 3 is 2.15 bits per heavy atom. The fourth-order valence-corrected chi connectivity index (χ4v) is 5.35. The van der Waals surface area contributed by atoms with Crippen LogP contribution in [0.3, 0.4) is 0 Å². The number of rotatable bonds is 0. The highest BCUT2D eigenvalue weighted by molar-refractivity contribution is 7.00. The Morgan fingerprint density at radius 2 is 1.35 bits per heavy atom. The molecule has 3 heteroatoms. The van der Waals surface area contributed by atoms with Crippen LogP contribution in [0.25, 0.3) is 0 Å². The standard InChI is InChI=1S/C23H21BN2/c1-25-19-10-4-3-9-17(19)24-18-13-15-7-5-8-16(15)14-22(18)26(2)21-12-6-11-20(25)23(21)24/h3-4,6,9-14H,5,7-8H2,1-2H3. The summed E-state index contributed by atoms with van der Waals surface area (Å²) in [6, 6.07) is 20.7. The van der Waals surface area contributed by atoms with Gasteiger partial charge in [-0.2, -0.15) is 0 Å². The van der Waals surface area contributed by atoms with Crippen molar-refractivity contribution in [2.45, 2.75) is 19.3 Å². The van der Waals surface area contributed by atoms with Gasteiger partial charge in [0.1, 0.15) is 0 Å². The molecule has 0 amide bonds. The van der Waals surface area contributed by atoms with Crippen LogP contribution in [0, 0.1) is 0 Å². The zero-order valence-electron chi connectivity index (χ0n) is 15.3. The molecular weight excluding hydrogens is 315 g/mol. The molecule has 0 atom stereocenters. The topological polar surface area (TPSA) is 6.48 Å². The molecule has 2 nitrogen and oxygen atoms in total. The second-order valence-corrected chi connectivity index (χ2v) is 7.85. The van der Waals surface area contributed by atoms with E-state index in [4.69, 9.17) is 0 Å². The van der Waals surface area contributed by atoms with Crippen LogP contribution in [0.5, 0.6) is 0 Å². The Kier molecular flexibility index (Phi) is 2.75. The molecule has 1 aliphatic carbocycles. The molecule has 0 spiro atoms. The van der Waals surface area contributed by atoms with Crippen molar-refractivity contribution >= 4 is 45.9 Å². The Labute approximate surface area is 155 Å². The maximum atomic E-state index is 2.51. The molecule has 0 bridgehead atoms. The van der Waals surface area contributed by atoms with Gasteiger partial charge in [0.05, 0.1) is 0 Å². The average molecular weight is 336 g/mol. The SMILES string of the molecule is CN1c2ccccc2B2c3cc4c(cc3N(C)c3cccc1c32)CCC4. The van der Waals surface area contributed by atoms with E-state index >= 15 is 0 Å². The highest BCUT2D eigenvalue weighted by Gasteiger charge is 2.41. The molecule has 2 heterocycles. The highest BCUT2D eigenvalue weighted by Crippen LogP contribution is 2.37. The van der Waals surface area contributed by atoms with E-state index in [9.17, 15) is 0 Å². The third-order valence-corrected chi connectivity index (χ3v) is 6.59. The lowest BCUT2D eigenvalue weighted by Gasteiger charge is -2.42. The van der Waals surface area contributed by atoms with Crippen molar-refractivity contribution in [3.63, 3.8) is 0 Å². The minimum Gasteiger partial charge on any atom is -0.345 e. The summed E-state index contributed by atoms with van der Waals surface area (Å²) in [7, 11) is 4.43. The van der Waals surface area contributed by atoms with Gasteiger partial charge >= 0.3 is 0 Å². The van der Waals surface area contributed by atoms with E-state index in [0.717, 1.165) is 0 Å². The largest absolute Gasteiger partial charge is 0.345 e. The van der Waals surface area contributed by atoms with Crippen LogP contribution in [0.15, 0.2) is 54.6 Å². The van der Waals surface area contributed by atoms with Gasteiger partial charge in [-0.15, -0.1) is 0 Å². The molecule has 0 saturated carbocycles. The van der Waals surface area contributed by atoms with Crippen molar-refractivity contribution < 1.29 is 0 Å². The second kappa shape index (κ2) is 4.94. The minimum atomic E-state index is 0.339. The summed E-state index contributed by atoms with van der Waals surface area (Å²) in [6.45, 7) is 0.339. The first-order valence-electron chi connectivity index (χ1n) is 9.59. The maximum Gasteiger partial charge on any atom is 0.252 e. The first-order chi connectivity index (χ1) is 12.7. The van der Waals surface area contributed by atoms with E-state index < -0.39 is 0 Å². The molecule has 126 valence electrons. The number of benzene rings is 3. The molecule has 3 aromatic carbocycles. The molecule has 0 aromatic heterocycles. The molecular formula is C23H21BN2. The van der Waals surface area contributed by atoms with Gasteiger partial charge < -0.3 is 9.80 Å². The number of para-hydroxylation sites is 1. The summed E-state index contributed by atoms with van der Waals surface area (Å²) in [5.74, 6) is 0. The van der Waals surface area contributed by atoms with E-state index in [2.05, 4.69) is 78.5 Å². The van der Waals surface area contributed by atoms with Gasteiger partial charge in [0, 0.05) is 36.8 Å². The summed E-state index contributed by atoms with van der Waals surface area (Å²) in [6.07, 6.45) is 3.76. The fourth-order valence-electron chi connectivity index (χ4n) is 5.35.